The molecule has 1 atom stereocenters. The van der Waals surface area contributed by atoms with E-state index in [2.05, 4.69) is 0 Å². The molecule has 1 saturated carbocycles. The van der Waals surface area contributed by atoms with Crippen LogP contribution in [0.2, 0.25) is 0 Å². The van der Waals surface area contributed by atoms with E-state index in [1.54, 1.807) is 0 Å². The first-order chi connectivity index (χ1) is 7.34. The van der Waals surface area contributed by atoms with Gasteiger partial charge in [0, 0.05) is 0 Å². The predicted octanol–water partition coefficient (Wildman–Crippen LogP) is 3.54. The zero-order valence-electron chi connectivity index (χ0n) is 8.88. The van der Waals surface area contributed by atoms with Gasteiger partial charge in [-0.2, -0.15) is 13.2 Å². The molecule has 0 heterocycles. The van der Waals surface area contributed by atoms with Gasteiger partial charge in [-0.05, 0) is 29.9 Å². The van der Waals surface area contributed by atoms with Gasteiger partial charge in [-0.3, -0.25) is 0 Å². The maximum Gasteiger partial charge on any atom is 0.416 e. The van der Waals surface area contributed by atoms with Gasteiger partial charge in [-0.15, -0.1) is 0 Å². The SMILES string of the molecule is CC1(C(O)c2ccccc2C(F)(F)F)CC1. The summed E-state index contributed by atoms with van der Waals surface area (Å²) in [5, 5.41) is 9.96. The zero-order chi connectivity index (χ0) is 12.0. The van der Waals surface area contributed by atoms with Crippen LogP contribution in [-0.4, -0.2) is 5.11 Å². The Balaban J connectivity index is 2.40. The van der Waals surface area contributed by atoms with Crippen LogP contribution >= 0.6 is 0 Å². The van der Waals surface area contributed by atoms with E-state index in [0.717, 1.165) is 18.9 Å². The molecule has 1 aromatic rings. The molecule has 1 aromatic carbocycles. The molecule has 0 amide bonds. The van der Waals surface area contributed by atoms with Gasteiger partial charge in [0.2, 0.25) is 0 Å². The maximum atomic E-state index is 12.7. The fourth-order valence-electron chi connectivity index (χ4n) is 1.84. The van der Waals surface area contributed by atoms with Crippen molar-refractivity contribution in [1.82, 2.24) is 0 Å². The maximum absolute atomic E-state index is 12.7. The van der Waals surface area contributed by atoms with Crippen LogP contribution < -0.4 is 0 Å². The van der Waals surface area contributed by atoms with Crippen LogP contribution in [0.25, 0.3) is 0 Å². The van der Waals surface area contributed by atoms with Crippen molar-refractivity contribution in [3.8, 4) is 0 Å². The summed E-state index contributed by atoms with van der Waals surface area (Å²) in [6, 6.07) is 5.25. The molecule has 16 heavy (non-hydrogen) atoms. The van der Waals surface area contributed by atoms with Crippen molar-refractivity contribution >= 4 is 0 Å². The molecule has 4 heteroatoms. The van der Waals surface area contributed by atoms with Gasteiger partial charge in [0.25, 0.3) is 0 Å². The topological polar surface area (TPSA) is 20.2 Å². The van der Waals surface area contributed by atoms with Crippen LogP contribution in [0, 0.1) is 5.41 Å². The fourth-order valence-corrected chi connectivity index (χ4v) is 1.84. The van der Waals surface area contributed by atoms with Crippen LogP contribution in [0.3, 0.4) is 0 Å². The number of hydrogen-bond donors (Lipinski definition) is 1. The molecule has 1 nitrogen and oxygen atoms in total. The third-order valence-corrected chi connectivity index (χ3v) is 3.26. The molecule has 0 spiro atoms. The van der Waals surface area contributed by atoms with E-state index in [4.69, 9.17) is 0 Å². The van der Waals surface area contributed by atoms with E-state index in [0.29, 0.717) is 0 Å². The Hall–Kier alpha value is -1.03. The molecule has 88 valence electrons. The first kappa shape index (κ1) is 11.5. The highest BCUT2D eigenvalue weighted by Gasteiger charge is 2.47. The van der Waals surface area contributed by atoms with Gasteiger partial charge in [0.15, 0.2) is 0 Å². The minimum atomic E-state index is -4.40. The van der Waals surface area contributed by atoms with Crippen molar-refractivity contribution in [2.24, 2.45) is 5.41 Å². The summed E-state index contributed by atoms with van der Waals surface area (Å²) >= 11 is 0. The smallest absolute Gasteiger partial charge is 0.388 e. The zero-order valence-corrected chi connectivity index (χ0v) is 8.88. The number of aliphatic hydroxyl groups is 1. The molecule has 1 aliphatic rings. The number of aliphatic hydroxyl groups excluding tert-OH is 1. The fraction of sp³-hybridized carbons (Fsp3) is 0.500. The average Bonchev–Trinajstić information content (AvgIpc) is 2.95. The van der Waals surface area contributed by atoms with Crippen LogP contribution in [-0.2, 0) is 6.18 Å². The molecular weight excluding hydrogens is 217 g/mol. The van der Waals surface area contributed by atoms with Crippen LogP contribution in [0.4, 0.5) is 13.2 Å². The van der Waals surface area contributed by atoms with Gasteiger partial charge in [0.05, 0.1) is 11.7 Å². The average molecular weight is 230 g/mol. The standard InChI is InChI=1S/C12H13F3O/c1-11(6-7-11)10(16)8-4-2-3-5-9(8)12(13,14)15/h2-5,10,16H,6-7H2,1H3. The summed E-state index contributed by atoms with van der Waals surface area (Å²) in [6.45, 7) is 1.81. The Morgan fingerprint density at radius 3 is 2.31 bits per heavy atom. The molecule has 0 aliphatic heterocycles. The van der Waals surface area contributed by atoms with Gasteiger partial charge >= 0.3 is 6.18 Å². The van der Waals surface area contributed by atoms with Gasteiger partial charge < -0.3 is 5.11 Å². The Labute approximate surface area is 91.9 Å². The summed E-state index contributed by atoms with van der Waals surface area (Å²) in [7, 11) is 0. The Morgan fingerprint density at radius 2 is 1.81 bits per heavy atom. The second-order valence-corrected chi connectivity index (χ2v) is 4.64. The Kier molecular flexibility index (Phi) is 2.49. The minimum Gasteiger partial charge on any atom is -0.388 e. The van der Waals surface area contributed by atoms with Crippen molar-refractivity contribution in [3.05, 3.63) is 35.4 Å². The van der Waals surface area contributed by atoms with E-state index in [-0.39, 0.29) is 11.0 Å². The highest BCUT2D eigenvalue weighted by atomic mass is 19.4. The van der Waals surface area contributed by atoms with Crippen molar-refractivity contribution in [2.45, 2.75) is 32.0 Å². The van der Waals surface area contributed by atoms with Gasteiger partial charge in [-0.1, -0.05) is 25.1 Å². The molecule has 0 bridgehead atoms. The minimum absolute atomic E-state index is 0.00463. The number of rotatable bonds is 2. The van der Waals surface area contributed by atoms with E-state index < -0.39 is 17.8 Å². The van der Waals surface area contributed by atoms with Crippen molar-refractivity contribution in [2.75, 3.05) is 0 Å². The third kappa shape index (κ3) is 1.94. The Bertz CT molecular complexity index is 393. The summed E-state index contributed by atoms with van der Waals surface area (Å²) in [6.07, 6.45) is -3.87. The largest absolute Gasteiger partial charge is 0.416 e. The number of alkyl halides is 3. The number of benzene rings is 1. The summed E-state index contributed by atoms with van der Waals surface area (Å²) < 4.78 is 38.1. The van der Waals surface area contributed by atoms with Crippen LogP contribution in [0.15, 0.2) is 24.3 Å². The second-order valence-electron chi connectivity index (χ2n) is 4.64. The first-order valence-corrected chi connectivity index (χ1v) is 5.19. The van der Waals surface area contributed by atoms with Crippen LogP contribution in [0.1, 0.15) is 37.0 Å². The van der Waals surface area contributed by atoms with E-state index in [1.807, 2.05) is 6.92 Å². The lowest BCUT2D eigenvalue weighted by molar-refractivity contribution is -0.139. The highest BCUT2D eigenvalue weighted by Crippen LogP contribution is 2.55. The number of hydrogen-bond acceptors (Lipinski definition) is 1. The predicted molar refractivity (Wildman–Crippen MR) is 53.7 cm³/mol. The lowest BCUT2D eigenvalue weighted by Crippen LogP contribution is -2.16. The van der Waals surface area contributed by atoms with Crippen molar-refractivity contribution < 1.29 is 18.3 Å². The molecular formula is C12H13F3O. The monoisotopic (exact) mass is 230 g/mol. The van der Waals surface area contributed by atoms with E-state index in [1.165, 1.54) is 18.2 Å². The normalized spacial score (nSPS) is 20.6. The second kappa shape index (κ2) is 3.48. The van der Waals surface area contributed by atoms with Gasteiger partial charge in [0.1, 0.15) is 0 Å². The molecule has 1 N–H and O–H groups in total. The first-order valence-electron chi connectivity index (χ1n) is 5.19. The van der Waals surface area contributed by atoms with Crippen molar-refractivity contribution in [1.29, 1.82) is 0 Å². The molecule has 0 radical (unpaired) electrons. The lowest BCUT2D eigenvalue weighted by Gasteiger charge is -2.22. The molecule has 1 unspecified atom stereocenters. The molecule has 1 fully saturated rings. The number of halogens is 3. The molecule has 0 aromatic heterocycles. The lowest BCUT2D eigenvalue weighted by atomic mass is 9.91. The van der Waals surface area contributed by atoms with Crippen molar-refractivity contribution in [3.63, 3.8) is 0 Å². The molecule has 0 saturated heterocycles. The summed E-state index contributed by atoms with van der Waals surface area (Å²) in [5.41, 5.74) is -1.10. The quantitative estimate of drug-likeness (QED) is 0.823. The third-order valence-electron chi connectivity index (χ3n) is 3.26. The van der Waals surface area contributed by atoms with Gasteiger partial charge in [-0.25, -0.2) is 0 Å². The summed E-state index contributed by atoms with van der Waals surface area (Å²) in [4.78, 5) is 0. The highest BCUT2D eigenvalue weighted by molar-refractivity contribution is 5.33. The Morgan fingerprint density at radius 1 is 1.25 bits per heavy atom. The van der Waals surface area contributed by atoms with E-state index >= 15 is 0 Å². The van der Waals surface area contributed by atoms with Crippen LogP contribution in [0.5, 0.6) is 0 Å². The van der Waals surface area contributed by atoms with E-state index in [9.17, 15) is 18.3 Å². The summed E-state index contributed by atoms with van der Waals surface area (Å²) in [5.74, 6) is 0. The molecule has 1 aliphatic carbocycles. The molecule has 2 rings (SSSR count).